The van der Waals surface area contributed by atoms with Gasteiger partial charge < -0.3 is 143 Å². The van der Waals surface area contributed by atoms with Gasteiger partial charge in [0.1, 0.15) is 122 Å². The van der Waals surface area contributed by atoms with Crippen LogP contribution in [-0.2, 0) is 76.0 Å². The number of cyclic esters (lactones) is 1. The highest BCUT2D eigenvalue weighted by Gasteiger charge is 2.51. The monoisotopic (exact) mass is 1670 g/mol. The summed E-state index contributed by atoms with van der Waals surface area (Å²) < 4.78 is 77.4. The third-order valence-electron chi connectivity index (χ3n) is 24.6. The molecule has 5 saturated heterocycles. The van der Waals surface area contributed by atoms with Gasteiger partial charge >= 0.3 is 5.97 Å². The van der Waals surface area contributed by atoms with Crippen LogP contribution in [0, 0.1) is 5.92 Å². The first-order valence-electron chi connectivity index (χ1n) is 44.5. The highest BCUT2D eigenvalue weighted by Crippen LogP contribution is 2.36. The number of aliphatic hydroxyl groups is 15. The molecule has 0 aromatic heterocycles. The van der Waals surface area contributed by atoms with E-state index >= 15 is 0 Å². The molecular formula is C85H154O31. The Hall–Kier alpha value is -2.27. The zero-order chi connectivity index (χ0) is 84.5. The number of Topliss-reactive ketones (excluding diaryl/α,β-unsaturated/α-hetero) is 2. The maximum atomic E-state index is 13.8. The van der Waals surface area contributed by atoms with E-state index in [1.54, 1.807) is 6.92 Å². The number of methoxy groups -OCH3 is 3. The summed E-state index contributed by atoms with van der Waals surface area (Å²) in [7, 11) is 4.31. The van der Waals surface area contributed by atoms with Gasteiger partial charge in [0.15, 0.2) is 25.2 Å². The first kappa shape index (κ1) is 103. The van der Waals surface area contributed by atoms with E-state index in [4.69, 9.17) is 61.6 Å². The number of carbonyl (C=O) groups is 3. The lowest BCUT2D eigenvalue weighted by atomic mass is 9.81. The SMILES string of the molecule is COC1C(OC(CCCCCCCCCCCCCCCC2CC(=O)CCC3OC(OC(CCCCCCCCCCCCCC(CCCCCC(C)=O)OC4OC(CO)C(O)C(O)C4OC)CC(=O)OCC4OC(O2)C(O)C(O)C4O)C(O)C(O)C3O)CCCCCC(C)OC2OC(CO)C(O)C(O)C2OC)CC(CO)C(O)C1O. The van der Waals surface area contributed by atoms with Crippen LogP contribution in [0.25, 0.3) is 0 Å². The predicted octanol–water partition coefficient (Wildman–Crippen LogP) is 5.67. The molecule has 15 N–H and O–H groups in total. The second kappa shape index (κ2) is 57.3. The summed E-state index contributed by atoms with van der Waals surface area (Å²) in [4.78, 5) is 39.0. The van der Waals surface area contributed by atoms with Crippen LogP contribution in [-0.4, -0.2) is 320 Å². The largest absolute Gasteiger partial charge is 0.463 e. The van der Waals surface area contributed by atoms with Crippen molar-refractivity contribution in [2.24, 2.45) is 5.92 Å². The van der Waals surface area contributed by atoms with Gasteiger partial charge in [-0.1, -0.05) is 186 Å². The van der Waals surface area contributed by atoms with Crippen LogP contribution >= 0.6 is 0 Å². The van der Waals surface area contributed by atoms with E-state index in [1.165, 1.54) is 21.3 Å². The topological polar surface area (TPSA) is 475 Å². The normalized spacial score (nSPS) is 35.4. The molecule has 0 spiro atoms. The smallest absolute Gasteiger partial charge is 0.308 e. The van der Waals surface area contributed by atoms with E-state index in [0.29, 0.717) is 44.9 Å². The average molecular weight is 1670 g/mol. The summed E-state index contributed by atoms with van der Waals surface area (Å²) in [6.45, 7) is 1.73. The van der Waals surface area contributed by atoms with Crippen molar-refractivity contribution in [2.45, 2.75) is 468 Å². The Morgan fingerprint density at radius 3 is 1.23 bits per heavy atom. The minimum Gasteiger partial charge on any atom is -0.463 e. The number of esters is 1. The van der Waals surface area contributed by atoms with Crippen molar-refractivity contribution < 1.29 is 153 Å². The van der Waals surface area contributed by atoms with Crippen molar-refractivity contribution >= 4 is 17.5 Å². The molecule has 6 aliphatic rings. The van der Waals surface area contributed by atoms with E-state index in [1.807, 2.05) is 6.92 Å². The van der Waals surface area contributed by atoms with Gasteiger partial charge in [0.2, 0.25) is 0 Å². The molecule has 4 bridgehead atoms. The van der Waals surface area contributed by atoms with Crippen LogP contribution in [0.15, 0.2) is 0 Å². The second-order valence-corrected chi connectivity index (χ2v) is 34.0. The Labute approximate surface area is 688 Å². The molecule has 1 aliphatic carbocycles. The van der Waals surface area contributed by atoms with E-state index < -0.39 is 191 Å². The van der Waals surface area contributed by atoms with Crippen molar-refractivity contribution in [1.29, 1.82) is 0 Å². The molecule has 31 heteroatoms. The number of rotatable bonds is 54. The molecular weight excluding hydrogens is 1520 g/mol. The number of aliphatic hydroxyl groups excluding tert-OH is 15. The number of fused-ring (bicyclic) bond motifs is 4. The first-order chi connectivity index (χ1) is 55.9. The van der Waals surface area contributed by atoms with Gasteiger partial charge in [0.05, 0.1) is 68.5 Å². The van der Waals surface area contributed by atoms with E-state index in [0.717, 1.165) is 205 Å². The van der Waals surface area contributed by atoms with Crippen molar-refractivity contribution in [3.05, 3.63) is 0 Å². The van der Waals surface area contributed by atoms with Crippen LogP contribution in [0.2, 0.25) is 0 Å². The van der Waals surface area contributed by atoms with E-state index in [9.17, 15) is 91.0 Å². The number of hydrogen-bond donors (Lipinski definition) is 15. The molecule has 5 aliphatic heterocycles. The molecule has 30 atom stereocenters. The van der Waals surface area contributed by atoms with E-state index in [2.05, 4.69) is 0 Å². The van der Waals surface area contributed by atoms with Gasteiger partial charge in [-0.2, -0.15) is 0 Å². The van der Waals surface area contributed by atoms with Gasteiger partial charge in [0, 0.05) is 53.1 Å². The zero-order valence-corrected chi connectivity index (χ0v) is 70.3. The summed E-state index contributed by atoms with van der Waals surface area (Å²) in [6.07, 6.45) is 1.40. The molecule has 0 radical (unpaired) electrons. The highest BCUT2D eigenvalue weighted by molar-refractivity contribution is 5.79. The average Bonchev–Trinajstić information content (AvgIpc) is 0.833. The summed E-state index contributed by atoms with van der Waals surface area (Å²) in [5, 5.41) is 160. The highest BCUT2D eigenvalue weighted by atomic mass is 16.7. The first-order valence-corrected chi connectivity index (χ1v) is 44.5. The molecule has 116 heavy (non-hydrogen) atoms. The third-order valence-corrected chi connectivity index (χ3v) is 24.6. The minimum absolute atomic E-state index is 0.0442. The fourth-order valence-electron chi connectivity index (χ4n) is 17.3. The van der Waals surface area contributed by atoms with Crippen LogP contribution in [0.5, 0.6) is 0 Å². The summed E-state index contributed by atoms with van der Waals surface area (Å²) in [5.74, 6) is -1.39. The van der Waals surface area contributed by atoms with Gasteiger partial charge in [-0.3, -0.25) is 9.59 Å². The molecule has 6 rings (SSSR count). The molecule has 5 heterocycles. The van der Waals surface area contributed by atoms with Crippen LogP contribution < -0.4 is 0 Å². The van der Waals surface area contributed by atoms with Crippen molar-refractivity contribution in [1.82, 2.24) is 0 Å². The van der Waals surface area contributed by atoms with E-state index in [-0.39, 0.29) is 62.2 Å². The van der Waals surface area contributed by atoms with Gasteiger partial charge in [-0.05, 0) is 78.1 Å². The Morgan fingerprint density at radius 1 is 0.397 bits per heavy atom. The number of ketones is 2. The lowest BCUT2D eigenvalue weighted by Gasteiger charge is -2.42. The molecule has 30 unspecified atom stereocenters. The predicted molar refractivity (Wildman–Crippen MR) is 423 cm³/mol. The summed E-state index contributed by atoms with van der Waals surface area (Å²) >= 11 is 0. The molecule has 31 nitrogen and oxygen atoms in total. The van der Waals surface area contributed by atoms with Crippen LogP contribution in [0.3, 0.4) is 0 Å². The fourth-order valence-corrected chi connectivity index (χ4v) is 17.3. The molecule has 6 fully saturated rings. The van der Waals surface area contributed by atoms with Gasteiger partial charge in [-0.15, -0.1) is 0 Å². The van der Waals surface area contributed by atoms with Gasteiger partial charge in [-0.25, -0.2) is 0 Å². The molecule has 0 aromatic carbocycles. The van der Waals surface area contributed by atoms with Crippen molar-refractivity contribution in [3.8, 4) is 0 Å². The number of carbonyl (C=O) groups excluding carboxylic acids is 3. The number of ether oxygens (including phenoxy) is 13. The maximum absolute atomic E-state index is 13.8. The molecule has 1 saturated carbocycles. The number of unbranched alkanes of at least 4 members (excludes halogenated alkanes) is 26. The van der Waals surface area contributed by atoms with Gasteiger partial charge in [0.25, 0.3) is 0 Å². The Balaban J connectivity index is 0.872. The Morgan fingerprint density at radius 2 is 0.784 bits per heavy atom. The van der Waals surface area contributed by atoms with Crippen LogP contribution in [0.4, 0.5) is 0 Å². The second-order valence-electron chi connectivity index (χ2n) is 34.0. The number of hydrogen-bond acceptors (Lipinski definition) is 31. The summed E-state index contributed by atoms with van der Waals surface area (Å²) in [5.41, 5.74) is 0. The minimum atomic E-state index is -1.73. The molecule has 680 valence electrons. The van der Waals surface area contributed by atoms with Crippen molar-refractivity contribution in [2.75, 3.05) is 47.8 Å². The lowest BCUT2D eigenvalue weighted by molar-refractivity contribution is -0.316. The Bertz CT molecular complexity index is 2570. The summed E-state index contributed by atoms with van der Waals surface area (Å²) in [6, 6.07) is 0. The Kier molecular flexibility index (Phi) is 50.6. The quantitative estimate of drug-likeness (QED) is 0.0257. The zero-order valence-electron chi connectivity index (χ0n) is 70.3. The fraction of sp³-hybridized carbons (Fsp3) is 0.965. The van der Waals surface area contributed by atoms with Crippen LogP contribution in [0.1, 0.15) is 290 Å². The maximum Gasteiger partial charge on any atom is 0.308 e. The lowest BCUT2D eigenvalue weighted by Crippen LogP contribution is -2.60. The molecule has 0 aromatic rings. The standard InChI is InChI=1S/C85H154O31/c1-53(89)36-28-26-34-41-58(110-85-81(106-5)76(101)70(95)64(51-88)115-85)40-31-23-19-15-12-9-13-17-21-25-33-43-60-48-66(91)107-52-65-71(96)73(98)78(103)83(116-65)111-59(47-56(90)44-45-61-68(93)72(97)77(102)82(112-60)113-61)42-32-24-20-16-11-8-6-7-10-14-18-22-30-38-57(109-62-46-55(49-86)67(92)74(99)79(62)104-3)39-35-27-29-37-54(2)108-84-80(105-4)75(100)69(94)63(50-87)114-84/h54-55,57-65,67-88,92-103H,6-52H2,1-5H3. The van der Waals surface area contributed by atoms with Crippen molar-refractivity contribution in [3.63, 3.8) is 0 Å². The molecule has 0 amide bonds. The third kappa shape index (κ3) is 35.0.